The van der Waals surface area contributed by atoms with Crippen LogP contribution in [0.15, 0.2) is 45.3 Å². The van der Waals surface area contributed by atoms with Gasteiger partial charge in [-0.2, -0.15) is 4.98 Å². The smallest absolute Gasteiger partial charge is 0.225 e. The number of H-pyrrole nitrogens is 2. The predicted molar refractivity (Wildman–Crippen MR) is 158 cm³/mol. The Labute approximate surface area is 242 Å². The molecule has 0 saturated carbocycles. The van der Waals surface area contributed by atoms with Crippen molar-refractivity contribution in [1.29, 1.82) is 0 Å². The van der Waals surface area contributed by atoms with E-state index in [1.54, 1.807) is 0 Å². The molecule has 2 aromatic carbocycles. The topological polar surface area (TPSA) is 98.4 Å². The number of rotatable bonds is 1. The first-order valence-electron chi connectivity index (χ1n) is 11.3. The van der Waals surface area contributed by atoms with Gasteiger partial charge >= 0.3 is 0 Å². The fourth-order valence-electron chi connectivity index (χ4n) is 4.47. The standard InChI is InChI=1S/C14H13BrClN5.C10H4BrCl2N3/c15-8-1-2-9-10(7-8)18-12-11(9)19-14(16)20-13(12)21-5-3-17-4-6-21;11-4-1-2-5-6(3-4)14-8-7(5)15-10(13)16-9(8)12/h1-2,7,17-18H,3-6H2;1-3,14H. The summed E-state index contributed by atoms with van der Waals surface area (Å²) in [5, 5.41) is 6.17. The van der Waals surface area contributed by atoms with Crippen LogP contribution in [0.5, 0.6) is 0 Å². The van der Waals surface area contributed by atoms with Gasteiger partial charge in [0.1, 0.15) is 22.1 Å². The van der Waals surface area contributed by atoms with E-state index in [0.717, 1.165) is 79.3 Å². The van der Waals surface area contributed by atoms with Gasteiger partial charge in [-0.15, -0.1) is 0 Å². The number of piperazine rings is 1. The first kappa shape index (κ1) is 25.1. The second kappa shape index (κ2) is 10.2. The van der Waals surface area contributed by atoms with Crippen LogP contribution in [0.4, 0.5) is 5.82 Å². The summed E-state index contributed by atoms with van der Waals surface area (Å²) in [6.07, 6.45) is 0. The van der Waals surface area contributed by atoms with Gasteiger partial charge in [0.25, 0.3) is 0 Å². The average molecular weight is 684 g/mol. The molecule has 4 aromatic heterocycles. The Morgan fingerprint density at radius 2 is 1.24 bits per heavy atom. The van der Waals surface area contributed by atoms with E-state index in [1.807, 2.05) is 36.4 Å². The van der Waals surface area contributed by atoms with Crippen LogP contribution in [-0.4, -0.2) is 56.1 Å². The molecule has 0 unspecified atom stereocenters. The maximum Gasteiger partial charge on any atom is 0.225 e. The molecule has 8 nitrogen and oxygen atoms in total. The molecule has 1 fully saturated rings. The Kier molecular flexibility index (Phi) is 6.89. The van der Waals surface area contributed by atoms with Gasteiger partial charge in [-0.25, -0.2) is 15.0 Å². The van der Waals surface area contributed by atoms with Gasteiger partial charge in [0.15, 0.2) is 11.0 Å². The van der Waals surface area contributed by atoms with Crippen molar-refractivity contribution >= 4 is 116 Å². The molecule has 0 atom stereocenters. The lowest BCUT2D eigenvalue weighted by Crippen LogP contribution is -2.44. The van der Waals surface area contributed by atoms with Crippen molar-refractivity contribution in [3.8, 4) is 0 Å². The SMILES string of the molecule is Clc1nc(Cl)c2[nH]c3cc(Br)ccc3c2n1.Clc1nc(N2CCNCC2)c2[nH]c3cc(Br)ccc3c2n1. The van der Waals surface area contributed by atoms with Crippen molar-refractivity contribution in [2.45, 2.75) is 0 Å². The third-order valence-corrected chi connectivity index (χ3v) is 7.71. The molecule has 0 aliphatic carbocycles. The number of halogens is 5. The summed E-state index contributed by atoms with van der Waals surface area (Å²) in [6.45, 7) is 3.74. The van der Waals surface area contributed by atoms with Gasteiger partial charge < -0.3 is 20.2 Å². The van der Waals surface area contributed by atoms with Crippen LogP contribution in [-0.2, 0) is 0 Å². The van der Waals surface area contributed by atoms with E-state index in [9.17, 15) is 0 Å². The first-order chi connectivity index (χ1) is 17.9. The minimum absolute atomic E-state index is 0.154. The third kappa shape index (κ3) is 4.86. The van der Waals surface area contributed by atoms with Crippen LogP contribution in [0.1, 0.15) is 0 Å². The molecule has 1 aliphatic rings. The van der Waals surface area contributed by atoms with E-state index in [-0.39, 0.29) is 5.28 Å². The molecule has 3 N–H and O–H groups in total. The predicted octanol–water partition coefficient (Wildman–Crippen LogP) is 7.12. The lowest BCUT2D eigenvalue weighted by atomic mass is 10.2. The molecular formula is C24H17Br2Cl3N8. The normalized spacial score (nSPS) is 14.0. The van der Waals surface area contributed by atoms with Gasteiger partial charge in [-0.05, 0) is 59.6 Å². The molecule has 1 saturated heterocycles. The van der Waals surface area contributed by atoms with E-state index < -0.39 is 0 Å². The minimum atomic E-state index is 0.154. The molecular weight excluding hydrogens is 666 g/mol. The number of aromatic amines is 2. The van der Waals surface area contributed by atoms with E-state index in [0.29, 0.717) is 16.0 Å². The van der Waals surface area contributed by atoms with E-state index in [2.05, 4.69) is 72.0 Å². The molecule has 37 heavy (non-hydrogen) atoms. The zero-order chi connectivity index (χ0) is 25.7. The Hall–Kier alpha value is -2.21. The quantitative estimate of drug-likeness (QED) is 0.126. The maximum absolute atomic E-state index is 6.14. The fraction of sp³-hybridized carbons (Fsp3) is 0.167. The molecule has 0 spiro atoms. The number of benzene rings is 2. The lowest BCUT2D eigenvalue weighted by molar-refractivity contribution is 0.586. The van der Waals surface area contributed by atoms with E-state index in [1.165, 1.54) is 0 Å². The first-order valence-corrected chi connectivity index (χ1v) is 14.0. The van der Waals surface area contributed by atoms with Crippen molar-refractivity contribution in [1.82, 2.24) is 35.2 Å². The zero-order valence-corrected chi connectivity index (χ0v) is 24.4. The van der Waals surface area contributed by atoms with Gasteiger partial charge in [0.2, 0.25) is 10.6 Å². The molecule has 0 amide bonds. The molecule has 7 rings (SSSR count). The highest BCUT2D eigenvalue weighted by Gasteiger charge is 2.19. The minimum Gasteiger partial charge on any atom is -0.352 e. The van der Waals surface area contributed by atoms with Crippen molar-refractivity contribution in [3.63, 3.8) is 0 Å². The third-order valence-electron chi connectivity index (χ3n) is 6.11. The highest BCUT2D eigenvalue weighted by molar-refractivity contribution is 9.10. The lowest BCUT2D eigenvalue weighted by Gasteiger charge is -2.28. The van der Waals surface area contributed by atoms with Crippen LogP contribution in [0.25, 0.3) is 43.9 Å². The second-order valence-electron chi connectivity index (χ2n) is 8.41. The number of anilines is 1. The Morgan fingerprint density at radius 1 is 0.703 bits per heavy atom. The summed E-state index contributed by atoms with van der Waals surface area (Å²) in [6, 6.07) is 12.0. The van der Waals surface area contributed by atoms with Gasteiger partial charge in [0, 0.05) is 56.9 Å². The van der Waals surface area contributed by atoms with Crippen LogP contribution >= 0.6 is 66.7 Å². The molecule has 5 heterocycles. The van der Waals surface area contributed by atoms with Gasteiger partial charge in [-0.1, -0.05) is 43.5 Å². The Balaban J connectivity index is 0.000000141. The Morgan fingerprint density at radius 3 is 1.86 bits per heavy atom. The molecule has 6 aromatic rings. The zero-order valence-electron chi connectivity index (χ0n) is 18.9. The average Bonchev–Trinajstić information content (AvgIpc) is 3.42. The highest BCUT2D eigenvalue weighted by atomic mass is 79.9. The highest BCUT2D eigenvalue weighted by Crippen LogP contribution is 2.33. The number of hydrogen-bond acceptors (Lipinski definition) is 6. The van der Waals surface area contributed by atoms with Crippen LogP contribution in [0.3, 0.4) is 0 Å². The van der Waals surface area contributed by atoms with Gasteiger partial charge in [0.05, 0.1) is 0 Å². The number of hydrogen-bond donors (Lipinski definition) is 3. The number of aromatic nitrogens is 6. The molecule has 0 radical (unpaired) electrons. The number of nitrogens with one attached hydrogen (secondary N) is 3. The number of fused-ring (bicyclic) bond motifs is 6. The summed E-state index contributed by atoms with van der Waals surface area (Å²) in [4.78, 5) is 25.8. The fourth-order valence-corrected chi connectivity index (χ4v) is 5.79. The van der Waals surface area contributed by atoms with Crippen molar-refractivity contribution in [3.05, 3.63) is 61.1 Å². The van der Waals surface area contributed by atoms with Crippen molar-refractivity contribution < 1.29 is 0 Å². The molecule has 188 valence electrons. The molecule has 1 aliphatic heterocycles. The monoisotopic (exact) mass is 680 g/mol. The van der Waals surface area contributed by atoms with Crippen LogP contribution < -0.4 is 10.2 Å². The summed E-state index contributed by atoms with van der Waals surface area (Å²) >= 11 is 24.8. The van der Waals surface area contributed by atoms with Crippen LogP contribution in [0, 0.1) is 0 Å². The molecule has 0 bridgehead atoms. The van der Waals surface area contributed by atoms with E-state index in [4.69, 9.17) is 34.8 Å². The van der Waals surface area contributed by atoms with E-state index >= 15 is 0 Å². The van der Waals surface area contributed by atoms with Crippen LogP contribution in [0.2, 0.25) is 15.7 Å². The van der Waals surface area contributed by atoms with Gasteiger partial charge in [-0.3, -0.25) is 0 Å². The second-order valence-corrected chi connectivity index (χ2v) is 11.3. The molecule has 13 heteroatoms. The summed E-state index contributed by atoms with van der Waals surface area (Å²) in [7, 11) is 0. The summed E-state index contributed by atoms with van der Waals surface area (Å²) in [5.41, 5.74) is 5.27. The summed E-state index contributed by atoms with van der Waals surface area (Å²) < 4.78 is 2.02. The van der Waals surface area contributed by atoms with Crippen molar-refractivity contribution in [2.24, 2.45) is 0 Å². The number of nitrogens with zero attached hydrogens (tertiary/aromatic N) is 5. The maximum atomic E-state index is 6.14. The Bertz CT molecular complexity index is 1800. The largest absolute Gasteiger partial charge is 0.352 e. The summed E-state index contributed by atoms with van der Waals surface area (Å²) in [5.74, 6) is 0.888. The van der Waals surface area contributed by atoms with Crippen molar-refractivity contribution in [2.75, 3.05) is 31.1 Å².